The lowest BCUT2D eigenvalue weighted by Gasteiger charge is -2.09. The van der Waals surface area contributed by atoms with Gasteiger partial charge in [-0.3, -0.25) is 14.7 Å². The molecular weight excluding hydrogens is 186 g/mol. The van der Waals surface area contributed by atoms with Gasteiger partial charge in [0.1, 0.15) is 6.33 Å². The summed E-state index contributed by atoms with van der Waals surface area (Å²) in [7, 11) is 3.23. The van der Waals surface area contributed by atoms with Crippen LogP contribution in [0.25, 0.3) is 0 Å². The topological polar surface area (TPSA) is 91.0 Å². The summed E-state index contributed by atoms with van der Waals surface area (Å²) in [6.45, 7) is -0.0491. The van der Waals surface area contributed by atoms with Gasteiger partial charge in [-0.2, -0.15) is 5.10 Å². The highest BCUT2D eigenvalue weighted by atomic mass is 16.2. The molecule has 0 fully saturated rings. The van der Waals surface area contributed by atoms with Crippen molar-refractivity contribution in [1.82, 2.24) is 25.4 Å². The molecule has 1 aromatic heterocycles. The standard InChI is InChI=1S/C7H11N5O2/c1-12(2)5(13)3-8-7(14)6-9-4-10-11-6/h4H,3H2,1-2H3,(H,8,14)(H,9,10,11). The summed E-state index contributed by atoms with van der Waals surface area (Å²) in [6.07, 6.45) is 1.22. The molecule has 1 aromatic rings. The van der Waals surface area contributed by atoms with Gasteiger partial charge < -0.3 is 10.2 Å². The van der Waals surface area contributed by atoms with Crippen molar-refractivity contribution in [3.05, 3.63) is 12.2 Å². The molecule has 0 unspecified atom stereocenters. The number of amides is 2. The van der Waals surface area contributed by atoms with Crippen LogP contribution in [0, 0.1) is 0 Å². The Morgan fingerprint density at radius 1 is 1.57 bits per heavy atom. The molecule has 0 atom stereocenters. The zero-order chi connectivity index (χ0) is 10.6. The Labute approximate surface area is 80.5 Å². The van der Waals surface area contributed by atoms with Gasteiger partial charge in [0.05, 0.1) is 6.54 Å². The van der Waals surface area contributed by atoms with Crippen LogP contribution in [0.15, 0.2) is 6.33 Å². The van der Waals surface area contributed by atoms with E-state index >= 15 is 0 Å². The third kappa shape index (κ3) is 2.54. The van der Waals surface area contributed by atoms with Gasteiger partial charge in [0, 0.05) is 14.1 Å². The number of carbonyl (C=O) groups excluding carboxylic acids is 2. The lowest BCUT2D eigenvalue weighted by atomic mass is 10.5. The summed E-state index contributed by atoms with van der Waals surface area (Å²) >= 11 is 0. The molecule has 76 valence electrons. The highest BCUT2D eigenvalue weighted by Gasteiger charge is 2.10. The van der Waals surface area contributed by atoms with Crippen molar-refractivity contribution in [2.45, 2.75) is 0 Å². The van der Waals surface area contributed by atoms with E-state index in [2.05, 4.69) is 20.5 Å². The van der Waals surface area contributed by atoms with E-state index in [-0.39, 0.29) is 18.3 Å². The number of carbonyl (C=O) groups is 2. The van der Waals surface area contributed by atoms with Gasteiger partial charge in [-0.15, -0.1) is 0 Å². The van der Waals surface area contributed by atoms with Crippen molar-refractivity contribution < 1.29 is 9.59 Å². The number of rotatable bonds is 3. The van der Waals surface area contributed by atoms with E-state index in [0.29, 0.717) is 0 Å². The Kier molecular flexibility index (Phi) is 3.16. The summed E-state index contributed by atoms with van der Waals surface area (Å²) < 4.78 is 0. The normalized spacial score (nSPS) is 9.57. The number of hydrogen-bond donors (Lipinski definition) is 2. The van der Waals surface area contributed by atoms with E-state index in [4.69, 9.17) is 0 Å². The van der Waals surface area contributed by atoms with Crippen LogP contribution in [-0.4, -0.2) is 52.5 Å². The Morgan fingerprint density at radius 3 is 2.79 bits per heavy atom. The molecule has 0 saturated heterocycles. The van der Waals surface area contributed by atoms with Crippen LogP contribution >= 0.6 is 0 Å². The van der Waals surface area contributed by atoms with Crippen LogP contribution in [0.1, 0.15) is 10.6 Å². The minimum absolute atomic E-state index is 0.0491. The molecule has 1 rings (SSSR count). The molecule has 0 saturated carbocycles. The largest absolute Gasteiger partial charge is 0.347 e. The fourth-order valence-corrected chi connectivity index (χ4v) is 0.713. The second-order valence-corrected chi connectivity index (χ2v) is 2.80. The first-order valence-corrected chi connectivity index (χ1v) is 3.95. The minimum atomic E-state index is -0.447. The van der Waals surface area contributed by atoms with Crippen LogP contribution in [0.3, 0.4) is 0 Å². The van der Waals surface area contributed by atoms with Crippen molar-refractivity contribution in [1.29, 1.82) is 0 Å². The first-order chi connectivity index (χ1) is 6.61. The van der Waals surface area contributed by atoms with Crippen molar-refractivity contribution >= 4 is 11.8 Å². The molecule has 7 heteroatoms. The molecule has 2 amide bonds. The van der Waals surface area contributed by atoms with E-state index in [1.165, 1.54) is 11.2 Å². The molecule has 0 aliphatic rings. The predicted molar refractivity (Wildman–Crippen MR) is 47.4 cm³/mol. The fraction of sp³-hybridized carbons (Fsp3) is 0.429. The van der Waals surface area contributed by atoms with E-state index in [9.17, 15) is 9.59 Å². The zero-order valence-corrected chi connectivity index (χ0v) is 7.94. The van der Waals surface area contributed by atoms with Crippen LogP contribution in [-0.2, 0) is 4.79 Å². The van der Waals surface area contributed by atoms with E-state index in [1.54, 1.807) is 14.1 Å². The average Bonchev–Trinajstić information content (AvgIpc) is 2.66. The smallest absolute Gasteiger partial charge is 0.289 e. The van der Waals surface area contributed by atoms with Crippen LogP contribution < -0.4 is 5.32 Å². The Morgan fingerprint density at radius 2 is 2.29 bits per heavy atom. The second-order valence-electron chi connectivity index (χ2n) is 2.80. The number of nitrogens with one attached hydrogen (secondary N) is 2. The van der Waals surface area contributed by atoms with Gasteiger partial charge in [0.15, 0.2) is 0 Å². The Hall–Kier alpha value is -1.92. The third-order valence-electron chi connectivity index (χ3n) is 1.53. The first-order valence-electron chi connectivity index (χ1n) is 3.95. The molecule has 0 aliphatic heterocycles. The lowest BCUT2D eigenvalue weighted by molar-refractivity contribution is -0.127. The molecule has 0 spiro atoms. The van der Waals surface area contributed by atoms with E-state index < -0.39 is 5.91 Å². The maximum absolute atomic E-state index is 11.2. The highest BCUT2D eigenvalue weighted by molar-refractivity contribution is 5.93. The van der Waals surface area contributed by atoms with E-state index in [0.717, 1.165) is 0 Å². The number of H-pyrrole nitrogens is 1. The predicted octanol–water partition coefficient (Wildman–Crippen LogP) is -1.38. The number of nitrogens with zero attached hydrogens (tertiary/aromatic N) is 3. The number of hydrogen-bond acceptors (Lipinski definition) is 4. The van der Waals surface area contributed by atoms with Gasteiger partial charge in [-0.25, -0.2) is 4.98 Å². The molecular formula is C7H11N5O2. The van der Waals surface area contributed by atoms with Gasteiger partial charge in [0.25, 0.3) is 5.91 Å². The SMILES string of the molecule is CN(C)C(=O)CNC(=O)c1ncn[nH]1. The lowest BCUT2D eigenvalue weighted by Crippen LogP contribution is -2.36. The summed E-state index contributed by atoms with van der Waals surface area (Å²) in [5.41, 5.74) is 0. The van der Waals surface area contributed by atoms with Crippen molar-refractivity contribution in [3.63, 3.8) is 0 Å². The maximum Gasteiger partial charge on any atom is 0.289 e. The van der Waals surface area contributed by atoms with E-state index in [1.807, 2.05) is 0 Å². The summed E-state index contributed by atoms with van der Waals surface area (Å²) in [4.78, 5) is 27.3. The van der Waals surface area contributed by atoms with Crippen LogP contribution in [0.2, 0.25) is 0 Å². The average molecular weight is 197 g/mol. The Bertz CT molecular complexity index is 319. The van der Waals surface area contributed by atoms with Gasteiger partial charge in [-0.05, 0) is 0 Å². The fourth-order valence-electron chi connectivity index (χ4n) is 0.713. The molecule has 0 aliphatic carbocycles. The summed E-state index contributed by atoms with van der Waals surface area (Å²) in [5, 5.41) is 8.31. The monoisotopic (exact) mass is 197 g/mol. The number of aromatic nitrogens is 3. The van der Waals surface area contributed by atoms with Gasteiger partial charge >= 0.3 is 0 Å². The van der Waals surface area contributed by atoms with Crippen molar-refractivity contribution in [3.8, 4) is 0 Å². The third-order valence-corrected chi connectivity index (χ3v) is 1.53. The molecule has 2 N–H and O–H groups in total. The van der Waals surface area contributed by atoms with Gasteiger partial charge in [0.2, 0.25) is 11.7 Å². The molecule has 0 bridgehead atoms. The second kappa shape index (κ2) is 4.35. The van der Waals surface area contributed by atoms with Gasteiger partial charge in [-0.1, -0.05) is 0 Å². The molecule has 0 radical (unpaired) electrons. The first kappa shape index (κ1) is 10.2. The van der Waals surface area contributed by atoms with Crippen LogP contribution in [0.5, 0.6) is 0 Å². The zero-order valence-electron chi connectivity index (χ0n) is 7.94. The maximum atomic E-state index is 11.2. The molecule has 0 aromatic carbocycles. The number of likely N-dealkylation sites (N-methyl/N-ethyl adjacent to an activating group) is 1. The molecule has 14 heavy (non-hydrogen) atoms. The Balaban J connectivity index is 2.40. The van der Waals surface area contributed by atoms with Crippen LogP contribution in [0.4, 0.5) is 0 Å². The highest BCUT2D eigenvalue weighted by Crippen LogP contribution is 1.84. The van der Waals surface area contributed by atoms with Crippen molar-refractivity contribution in [2.24, 2.45) is 0 Å². The summed E-state index contributed by atoms with van der Waals surface area (Å²) in [5.74, 6) is -0.535. The molecule has 1 heterocycles. The minimum Gasteiger partial charge on any atom is -0.347 e. The summed E-state index contributed by atoms with van der Waals surface area (Å²) in [6, 6.07) is 0. The quantitative estimate of drug-likeness (QED) is 0.625. The van der Waals surface area contributed by atoms with Crippen molar-refractivity contribution in [2.75, 3.05) is 20.6 Å². The number of aromatic amines is 1. The molecule has 7 nitrogen and oxygen atoms in total.